The lowest BCUT2D eigenvalue weighted by molar-refractivity contribution is 0.112. The highest BCUT2D eigenvalue weighted by Gasteiger charge is 2.18. The van der Waals surface area contributed by atoms with Gasteiger partial charge in [0, 0.05) is 10.6 Å². The van der Waals surface area contributed by atoms with Crippen molar-refractivity contribution in [1.29, 1.82) is 0 Å². The highest BCUT2D eigenvalue weighted by Crippen LogP contribution is 2.30. The molecule has 0 bridgehead atoms. The molecule has 3 rings (SSSR count). The molecule has 6 heteroatoms. The van der Waals surface area contributed by atoms with Crippen molar-refractivity contribution in [2.75, 3.05) is 0 Å². The summed E-state index contributed by atoms with van der Waals surface area (Å²) in [6.07, 6.45) is 0.652. The Balaban J connectivity index is 2.16. The van der Waals surface area contributed by atoms with E-state index in [4.69, 9.17) is 23.2 Å². The van der Waals surface area contributed by atoms with Crippen LogP contribution in [0.5, 0.6) is 0 Å². The summed E-state index contributed by atoms with van der Waals surface area (Å²) in [5, 5.41) is 5.12. The van der Waals surface area contributed by atoms with Crippen LogP contribution in [0, 0.1) is 5.82 Å². The van der Waals surface area contributed by atoms with Crippen LogP contribution >= 0.6 is 23.2 Å². The van der Waals surface area contributed by atoms with Gasteiger partial charge in [-0.05, 0) is 36.4 Å². The van der Waals surface area contributed by atoms with Gasteiger partial charge in [-0.25, -0.2) is 9.07 Å². The Kier molecular flexibility index (Phi) is 3.96. The highest BCUT2D eigenvalue weighted by molar-refractivity contribution is 6.33. The van der Waals surface area contributed by atoms with E-state index in [9.17, 15) is 9.18 Å². The van der Waals surface area contributed by atoms with Crippen molar-refractivity contribution in [2.45, 2.75) is 0 Å². The normalized spacial score (nSPS) is 10.7. The van der Waals surface area contributed by atoms with E-state index in [0.717, 1.165) is 0 Å². The van der Waals surface area contributed by atoms with Crippen LogP contribution in [-0.2, 0) is 0 Å². The average Bonchev–Trinajstić information content (AvgIpc) is 2.85. The SMILES string of the molecule is O=Cc1c(-c2ccc(Cl)cc2)nn(-c2ccc(F)cc2)c1Cl. The van der Waals surface area contributed by atoms with Gasteiger partial charge in [0.2, 0.25) is 0 Å². The molecule has 3 nitrogen and oxygen atoms in total. The Morgan fingerprint density at radius 1 is 1.00 bits per heavy atom. The maximum atomic E-state index is 13.0. The van der Waals surface area contributed by atoms with Crippen LogP contribution < -0.4 is 0 Å². The molecule has 110 valence electrons. The summed E-state index contributed by atoms with van der Waals surface area (Å²) >= 11 is 12.1. The number of aldehydes is 1. The summed E-state index contributed by atoms with van der Waals surface area (Å²) in [6.45, 7) is 0. The van der Waals surface area contributed by atoms with Gasteiger partial charge in [0.25, 0.3) is 0 Å². The van der Waals surface area contributed by atoms with Gasteiger partial charge >= 0.3 is 0 Å². The first kappa shape index (κ1) is 14.8. The second kappa shape index (κ2) is 5.91. The third-order valence-electron chi connectivity index (χ3n) is 3.17. The summed E-state index contributed by atoms with van der Waals surface area (Å²) < 4.78 is 14.4. The summed E-state index contributed by atoms with van der Waals surface area (Å²) in [5.74, 6) is -0.361. The fourth-order valence-electron chi connectivity index (χ4n) is 2.09. The number of benzene rings is 2. The summed E-state index contributed by atoms with van der Waals surface area (Å²) in [7, 11) is 0. The maximum Gasteiger partial charge on any atom is 0.155 e. The highest BCUT2D eigenvalue weighted by atomic mass is 35.5. The zero-order valence-electron chi connectivity index (χ0n) is 11.1. The van der Waals surface area contributed by atoms with Crippen molar-refractivity contribution in [3.63, 3.8) is 0 Å². The van der Waals surface area contributed by atoms with Gasteiger partial charge in [-0.15, -0.1) is 0 Å². The lowest BCUT2D eigenvalue weighted by atomic mass is 10.1. The van der Waals surface area contributed by atoms with Crippen LogP contribution in [0.15, 0.2) is 48.5 Å². The van der Waals surface area contributed by atoms with Crippen LogP contribution in [0.1, 0.15) is 10.4 Å². The minimum absolute atomic E-state index is 0.173. The molecule has 0 fully saturated rings. The zero-order chi connectivity index (χ0) is 15.7. The van der Waals surface area contributed by atoms with Crippen molar-refractivity contribution in [3.8, 4) is 16.9 Å². The van der Waals surface area contributed by atoms with Gasteiger partial charge in [-0.3, -0.25) is 4.79 Å². The van der Waals surface area contributed by atoms with E-state index in [-0.39, 0.29) is 16.5 Å². The van der Waals surface area contributed by atoms with Crippen molar-refractivity contribution in [1.82, 2.24) is 9.78 Å². The van der Waals surface area contributed by atoms with Crippen LogP contribution in [0.25, 0.3) is 16.9 Å². The minimum Gasteiger partial charge on any atom is -0.298 e. The van der Waals surface area contributed by atoms with Gasteiger partial charge < -0.3 is 0 Å². The molecule has 0 aliphatic heterocycles. The zero-order valence-corrected chi connectivity index (χ0v) is 12.6. The molecule has 0 saturated carbocycles. The Labute approximate surface area is 135 Å². The number of rotatable bonds is 3. The van der Waals surface area contributed by atoms with Crippen LogP contribution in [0.2, 0.25) is 10.2 Å². The van der Waals surface area contributed by atoms with Crippen LogP contribution in [0.4, 0.5) is 4.39 Å². The molecule has 0 N–H and O–H groups in total. The van der Waals surface area contributed by atoms with Crippen molar-refractivity contribution in [2.24, 2.45) is 0 Å². The fourth-order valence-corrected chi connectivity index (χ4v) is 2.48. The number of hydrogen-bond acceptors (Lipinski definition) is 2. The first-order valence-electron chi connectivity index (χ1n) is 6.35. The Morgan fingerprint density at radius 2 is 1.64 bits per heavy atom. The second-order valence-corrected chi connectivity index (χ2v) is 5.36. The summed E-state index contributed by atoms with van der Waals surface area (Å²) in [4.78, 5) is 11.4. The van der Waals surface area contributed by atoms with E-state index >= 15 is 0 Å². The molecular weight excluding hydrogens is 326 g/mol. The monoisotopic (exact) mass is 334 g/mol. The molecule has 0 saturated heterocycles. The molecule has 2 aromatic carbocycles. The quantitative estimate of drug-likeness (QED) is 0.645. The Bertz CT molecular complexity index is 827. The fraction of sp³-hybridized carbons (Fsp3) is 0. The van der Waals surface area contributed by atoms with Gasteiger partial charge in [0.1, 0.15) is 16.7 Å². The molecule has 0 radical (unpaired) electrons. The molecule has 0 aliphatic carbocycles. The third-order valence-corrected chi connectivity index (χ3v) is 3.79. The molecule has 22 heavy (non-hydrogen) atoms. The third kappa shape index (κ3) is 2.63. The number of halogens is 3. The van der Waals surface area contributed by atoms with Gasteiger partial charge in [-0.2, -0.15) is 5.10 Å². The van der Waals surface area contributed by atoms with E-state index in [2.05, 4.69) is 5.10 Å². The Morgan fingerprint density at radius 3 is 2.23 bits per heavy atom. The molecule has 0 aliphatic rings. The lowest BCUT2D eigenvalue weighted by Gasteiger charge is -2.02. The number of nitrogens with zero attached hydrogens (tertiary/aromatic N) is 2. The molecule has 3 aromatic rings. The standard InChI is InChI=1S/C16H9Cl2FN2O/c17-11-3-1-10(2-4-11)15-14(9-22)16(18)21(20-15)13-7-5-12(19)6-8-13/h1-9H. The van der Waals surface area contributed by atoms with Gasteiger partial charge in [0.15, 0.2) is 6.29 Å². The topological polar surface area (TPSA) is 34.9 Å². The molecule has 0 spiro atoms. The summed E-state index contributed by atoms with van der Waals surface area (Å²) in [6, 6.07) is 12.6. The van der Waals surface area contributed by atoms with E-state index in [1.807, 2.05) is 0 Å². The first-order chi connectivity index (χ1) is 10.6. The number of carbonyl (C=O) groups excluding carboxylic acids is 1. The van der Waals surface area contributed by atoms with Crippen molar-refractivity contribution >= 4 is 29.5 Å². The number of aromatic nitrogens is 2. The first-order valence-corrected chi connectivity index (χ1v) is 7.11. The molecule has 0 atom stereocenters. The molecular formula is C16H9Cl2FN2O. The molecule has 1 aromatic heterocycles. The minimum atomic E-state index is -0.361. The predicted octanol–water partition coefficient (Wildman–Crippen LogP) is 4.80. The van der Waals surface area contributed by atoms with Crippen molar-refractivity contribution < 1.29 is 9.18 Å². The number of carbonyl (C=O) groups is 1. The number of hydrogen-bond donors (Lipinski definition) is 0. The van der Waals surface area contributed by atoms with E-state index in [1.165, 1.54) is 28.9 Å². The maximum absolute atomic E-state index is 13.0. The average molecular weight is 335 g/mol. The largest absolute Gasteiger partial charge is 0.298 e. The van der Waals surface area contributed by atoms with Gasteiger partial charge in [-0.1, -0.05) is 35.3 Å². The predicted molar refractivity (Wildman–Crippen MR) is 84.4 cm³/mol. The van der Waals surface area contributed by atoms with E-state index in [0.29, 0.717) is 28.3 Å². The second-order valence-electron chi connectivity index (χ2n) is 4.57. The van der Waals surface area contributed by atoms with Crippen molar-refractivity contribution in [3.05, 3.63) is 70.1 Å². The molecule has 0 unspecified atom stereocenters. The summed E-state index contributed by atoms with van der Waals surface area (Å²) in [5.41, 5.74) is 2.00. The van der Waals surface area contributed by atoms with Crippen LogP contribution in [0.3, 0.4) is 0 Å². The van der Waals surface area contributed by atoms with Gasteiger partial charge in [0.05, 0.1) is 11.3 Å². The lowest BCUT2D eigenvalue weighted by Crippen LogP contribution is -1.96. The van der Waals surface area contributed by atoms with Crippen LogP contribution in [-0.4, -0.2) is 16.1 Å². The molecule has 0 amide bonds. The van der Waals surface area contributed by atoms with E-state index in [1.54, 1.807) is 24.3 Å². The molecule has 1 heterocycles. The Hall–Kier alpha value is -2.17. The van der Waals surface area contributed by atoms with E-state index < -0.39 is 0 Å². The smallest absolute Gasteiger partial charge is 0.155 e.